The summed E-state index contributed by atoms with van der Waals surface area (Å²) in [6, 6.07) is 14.8. The van der Waals surface area contributed by atoms with Crippen LogP contribution in [-0.4, -0.2) is 45.4 Å². The molecule has 6 heteroatoms. The summed E-state index contributed by atoms with van der Waals surface area (Å²) in [5.41, 5.74) is 3.76. The Kier molecular flexibility index (Phi) is 6.55. The molecule has 3 N–H and O–H groups in total. The van der Waals surface area contributed by atoms with Crippen molar-refractivity contribution in [3.63, 3.8) is 0 Å². The Hall–Kier alpha value is -2.57. The van der Waals surface area contributed by atoms with Crippen LogP contribution in [0, 0.1) is 0 Å². The maximum absolute atomic E-state index is 12.5. The first-order chi connectivity index (χ1) is 14.6. The first-order valence-electron chi connectivity index (χ1n) is 11.0. The highest BCUT2D eigenvalue weighted by atomic mass is 16.7. The zero-order valence-electron chi connectivity index (χ0n) is 18.0. The molecule has 160 valence electrons. The Balaban J connectivity index is 1.20. The van der Waals surface area contributed by atoms with E-state index < -0.39 is 0 Å². The van der Waals surface area contributed by atoms with Crippen LogP contribution >= 0.6 is 0 Å². The van der Waals surface area contributed by atoms with E-state index in [1.807, 2.05) is 6.07 Å². The van der Waals surface area contributed by atoms with Crippen molar-refractivity contribution in [3.8, 4) is 11.5 Å². The number of hydrogen-bond donors (Lipinski definition) is 3. The van der Waals surface area contributed by atoms with Crippen LogP contribution in [0.1, 0.15) is 36.6 Å². The minimum absolute atomic E-state index is 0.0423. The predicted molar refractivity (Wildman–Crippen MR) is 115 cm³/mol. The number of fused-ring (bicyclic) bond motifs is 1. The molecular weight excluding hydrogens is 378 g/mol. The fourth-order valence-electron chi connectivity index (χ4n) is 4.30. The lowest BCUT2D eigenvalue weighted by Crippen LogP contribution is -3.28. The first kappa shape index (κ1) is 20.7. The van der Waals surface area contributed by atoms with E-state index in [4.69, 9.17) is 9.47 Å². The molecule has 1 fully saturated rings. The molecule has 2 heterocycles. The van der Waals surface area contributed by atoms with Gasteiger partial charge in [-0.15, -0.1) is 0 Å². The Morgan fingerprint density at radius 3 is 2.37 bits per heavy atom. The Morgan fingerprint density at radius 2 is 1.63 bits per heavy atom. The molecule has 1 atom stereocenters. The molecule has 6 nitrogen and oxygen atoms in total. The molecule has 0 saturated carbocycles. The smallest absolute Gasteiger partial charge is 0.275 e. The average molecular weight is 412 g/mol. The van der Waals surface area contributed by atoms with Crippen LogP contribution in [0.3, 0.4) is 0 Å². The molecule has 0 radical (unpaired) electrons. The molecule has 2 aromatic carbocycles. The molecule has 2 aromatic rings. The lowest BCUT2D eigenvalue weighted by atomic mass is 10.0. The Morgan fingerprint density at radius 1 is 0.967 bits per heavy atom. The largest absolute Gasteiger partial charge is 0.454 e. The molecule has 0 aliphatic carbocycles. The number of hydrogen-bond acceptors (Lipinski definition) is 3. The summed E-state index contributed by atoms with van der Waals surface area (Å²) in [5, 5.41) is 3.16. The van der Waals surface area contributed by atoms with Gasteiger partial charge in [0, 0.05) is 5.56 Å². The van der Waals surface area contributed by atoms with Crippen molar-refractivity contribution in [1.29, 1.82) is 0 Å². The molecule has 1 saturated heterocycles. The van der Waals surface area contributed by atoms with Gasteiger partial charge in [-0.2, -0.15) is 0 Å². The van der Waals surface area contributed by atoms with E-state index in [9.17, 15) is 4.79 Å². The fraction of sp³-hybridized carbons (Fsp3) is 0.458. The van der Waals surface area contributed by atoms with Gasteiger partial charge in [-0.1, -0.05) is 31.2 Å². The lowest BCUT2D eigenvalue weighted by Gasteiger charge is -2.29. The molecule has 4 rings (SSSR count). The molecule has 2 aliphatic rings. The molecule has 2 aliphatic heterocycles. The first-order valence-corrected chi connectivity index (χ1v) is 11.0. The van der Waals surface area contributed by atoms with Crippen LogP contribution in [0.5, 0.6) is 11.5 Å². The van der Waals surface area contributed by atoms with Gasteiger partial charge < -0.3 is 24.6 Å². The van der Waals surface area contributed by atoms with Crippen LogP contribution in [0.25, 0.3) is 0 Å². The highest BCUT2D eigenvalue weighted by Gasteiger charge is 2.26. The normalized spacial score (nSPS) is 21.3. The SMILES string of the molecule is CCc1ccc([C@@H](C)NC(=O)C[NH+]2CC[NH+](Cc3ccc4c(c3)OCO4)CC2)cc1. The van der Waals surface area contributed by atoms with E-state index in [1.165, 1.54) is 16.0 Å². The second-order valence-corrected chi connectivity index (χ2v) is 8.43. The summed E-state index contributed by atoms with van der Waals surface area (Å²) in [5.74, 6) is 1.83. The van der Waals surface area contributed by atoms with E-state index >= 15 is 0 Å². The van der Waals surface area contributed by atoms with Crippen molar-refractivity contribution >= 4 is 5.91 Å². The van der Waals surface area contributed by atoms with Crippen molar-refractivity contribution in [2.24, 2.45) is 0 Å². The maximum atomic E-state index is 12.5. The Labute approximate surface area is 178 Å². The van der Waals surface area contributed by atoms with Crippen LogP contribution < -0.4 is 24.6 Å². The van der Waals surface area contributed by atoms with E-state index in [0.717, 1.165) is 56.2 Å². The molecule has 1 amide bonds. The topological polar surface area (TPSA) is 56.4 Å². The van der Waals surface area contributed by atoms with Crippen molar-refractivity contribution in [1.82, 2.24) is 5.32 Å². The zero-order valence-corrected chi connectivity index (χ0v) is 18.0. The predicted octanol–water partition coefficient (Wildman–Crippen LogP) is 0.139. The summed E-state index contributed by atoms with van der Waals surface area (Å²) in [4.78, 5) is 15.5. The van der Waals surface area contributed by atoms with Crippen molar-refractivity contribution < 1.29 is 24.1 Å². The number of aryl methyl sites for hydroxylation is 1. The van der Waals surface area contributed by atoms with Gasteiger partial charge in [0.25, 0.3) is 5.91 Å². The van der Waals surface area contributed by atoms with Gasteiger partial charge in [-0.05, 0) is 42.7 Å². The monoisotopic (exact) mass is 411 g/mol. The van der Waals surface area contributed by atoms with Crippen LogP contribution in [0.2, 0.25) is 0 Å². The van der Waals surface area contributed by atoms with Gasteiger partial charge in [-0.25, -0.2) is 0 Å². The number of nitrogens with one attached hydrogen (secondary N) is 3. The molecular formula is C24H33N3O3+2. The summed E-state index contributed by atoms with van der Waals surface area (Å²) in [6.07, 6.45) is 1.03. The summed E-state index contributed by atoms with van der Waals surface area (Å²) < 4.78 is 10.9. The summed E-state index contributed by atoms with van der Waals surface area (Å²) in [6.45, 7) is 10.3. The number of amides is 1. The van der Waals surface area contributed by atoms with E-state index in [1.54, 1.807) is 4.90 Å². The van der Waals surface area contributed by atoms with Crippen molar-refractivity contribution in [3.05, 3.63) is 59.2 Å². The van der Waals surface area contributed by atoms with Gasteiger partial charge in [0.15, 0.2) is 18.0 Å². The highest BCUT2D eigenvalue weighted by Crippen LogP contribution is 2.32. The molecule has 0 aromatic heterocycles. The lowest BCUT2D eigenvalue weighted by molar-refractivity contribution is -1.02. The van der Waals surface area contributed by atoms with Gasteiger partial charge >= 0.3 is 0 Å². The summed E-state index contributed by atoms with van der Waals surface area (Å²) in [7, 11) is 0. The quantitative estimate of drug-likeness (QED) is 0.608. The average Bonchev–Trinajstić information content (AvgIpc) is 3.23. The van der Waals surface area contributed by atoms with Crippen LogP contribution in [0.4, 0.5) is 0 Å². The number of carbonyl (C=O) groups excluding carboxylic acids is 1. The van der Waals surface area contributed by atoms with E-state index in [0.29, 0.717) is 13.3 Å². The number of benzene rings is 2. The Bertz CT molecular complexity index is 860. The molecule has 30 heavy (non-hydrogen) atoms. The van der Waals surface area contributed by atoms with Gasteiger partial charge in [-0.3, -0.25) is 4.79 Å². The van der Waals surface area contributed by atoms with Gasteiger partial charge in [0.2, 0.25) is 6.79 Å². The number of piperazine rings is 1. The van der Waals surface area contributed by atoms with Gasteiger partial charge in [0.05, 0.1) is 6.04 Å². The fourth-order valence-corrected chi connectivity index (χ4v) is 4.30. The molecule has 0 bridgehead atoms. The van der Waals surface area contributed by atoms with Gasteiger partial charge in [0.1, 0.15) is 32.7 Å². The van der Waals surface area contributed by atoms with Crippen molar-refractivity contribution in [2.75, 3.05) is 39.5 Å². The second kappa shape index (κ2) is 9.49. The van der Waals surface area contributed by atoms with E-state index in [-0.39, 0.29) is 11.9 Å². The standard InChI is InChI=1S/C24H31N3O3/c1-3-19-4-7-21(8-5-19)18(2)25-24(28)16-27-12-10-26(11-13-27)15-20-6-9-22-23(14-20)30-17-29-22/h4-9,14,18H,3,10-13,15-17H2,1-2H3,(H,25,28)/p+2/t18-/m1/s1. The zero-order chi connectivity index (χ0) is 20.9. The number of ether oxygens (including phenoxy) is 2. The highest BCUT2D eigenvalue weighted by molar-refractivity contribution is 5.77. The number of rotatable bonds is 7. The minimum Gasteiger partial charge on any atom is -0.454 e. The van der Waals surface area contributed by atoms with Crippen LogP contribution in [-0.2, 0) is 17.8 Å². The minimum atomic E-state index is 0.0423. The molecule has 0 unspecified atom stereocenters. The summed E-state index contributed by atoms with van der Waals surface area (Å²) >= 11 is 0. The van der Waals surface area contributed by atoms with E-state index in [2.05, 4.69) is 55.6 Å². The maximum Gasteiger partial charge on any atom is 0.275 e. The van der Waals surface area contributed by atoms with Crippen LogP contribution in [0.15, 0.2) is 42.5 Å². The molecule has 0 spiro atoms. The number of carbonyl (C=O) groups is 1. The third-order valence-corrected chi connectivity index (χ3v) is 6.23. The number of quaternary nitrogens is 2. The second-order valence-electron chi connectivity index (χ2n) is 8.43. The van der Waals surface area contributed by atoms with Crippen molar-refractivity contribution in [2.45, 2.75) is 32.9 Å². The third kappa shape index (κ3) is 5.12. The third-order valence-electron chi connectivity index (χ3n) is 6.23.